The second-order valence-corrected chi connectivity index (χ2v) is 4.97. The van der Waals surface area contributed by atoms with Gasteiger partial charge in [-0.25, -0.2) is 0 Å². The molecule has 0 N–H and O–H groups in total. The SMILES string of the molecule is CC1=CCCC[C@@H]1CC[C@H](C)N(C)C. The van der Waals surface area contributed by atoms with Crippen LogP contribution in [-0.4, -0.2) is 25.0 Å². The first-order valence-corrected chi connectivity index (χ1v) is 5.94. The summed E-state index contributed by atoms with van der Waals surface area (Å²) in [5.41, 5.74) is 1.64. The molecule has 1 aliphatic carbocycles. The molecule has 1 heteroatoms. The normalized spacial score (nSPS) is 24.9. The lowest BCUT2D eigenvalue weighted by molar-refractivity contribution is 0.279. The highest BCUT2D eigenvalue weighted by molar-refractivity contribution is 5.06. The highest BCUT2D eigenvalue weighted by Gasteiger charge is 2.15. The molecule has 0 heterocycles. The van der Waals surface area contributed by atoms with E-state index in [4.69, 9.17) is 0 Å². The van der Waals surface area contributed by atoms with Gasteiger partial charge < -0.3 is 4.90 Å². The van der Waals surface area contributed by atoms with Crippen LogP contribution in [0.1, 0.15) is 46.0 Å². The highest BCUT2D eigenvalue weighted by Crippen LogP contribution is 2.28. The second kappa shape index (κ2) is 5.55. The van der Waals surface area contributed by atoms with Gasteiger partial charge in [0.15, 0.2) is 0 Å². The van der Waals surface area contributed by atoms with Crippen molar-refractivity contribution in [1.82, 2.24) is 4.90 Å². The fourth-order valence-electron chi connectivity index (χ4n) is 2.16. The van der Waals surface area contributed by atoms with Crippen molar-refractivity contribution < 1.29 is 0 Å². The monoisotopic (exact) mass is 195 g/mol. The van der Waals surface area contributed by atoms with Gasteiger partial charge in [0.2, 0.25) is 0 Å². The van der Waals surface area contributed by atoms with Crippen LogP contribution in [0.15, 0.2) is 11.6 Å². The van der Waals surface area contributed by atoms with Crippen LogP contribution in [0.4, 0.5) is 0 Å². The van der Waals surface area contributed by atoms with E-state index in [1.807, 2.05) is 0 Å². The van der Waals surface area contributed by atoms with Gasteiger partial charge in [-0.3, -0.25) is 0 Å². The van der Waals surface area contributed by atoms with Gasteiger partial charge in [0.1, 0.15) is 0 Å². The molecule has 82 valence electrons. The van der Waals surface area contributed by atoms with Crippen LogP contribution in [0.5, 0.6) is 0 Å². The van der Waals surface area contributed by atoms with Gasteiger partial charge in [-0.1, -0.05) is 11.6 Å². The molecule has 0 fully saturated rings. The third kappa shape index (κ3) is 3.45. The van der Waals surface area contributed by atoms with Crippen molar-refractivity contribution in [2.45, 2.75) is 52.0 Å². The molecular weight excluding hydrogens is 170 g/mol. The maximum atomic E-state index is 2.44. The molecule has 0 radical (unpaired) electrons. The molecule has 0 saturated carbocycles. The van der Waals surface area contributed by atoms with Gasteiger partial charge in [-0.2, -0.15) is 0 Å². The van der Waals surface area contributed by atoms with E-state index in [-0.39, 0.29) is 0 Å². The molecule has 0 aromatic carbocycles. The minimum Gasteiger partial charge on any atom is -0.307 e. The van der Waals surface area contributed by atoms with Gasteiger partial charge in [-0.15, -0.1) is 0 Å². The molecule has 0 spiro atoms. The minimum atomic E-state index is 0.727. The van der Waals surface area contributed by atoms with Crippen LogP contribution in [0, 0.1) is 5.92 Å². The zero-order valence-electron chi connectivity index (χ0n) is 10.2. The van der Waals surface area contributed by atoms with E-state index in [1.54, 1.807) is 5.57 Å². The molecule has 0 aromatic heterocycles. The minimum absolute atomic E-state index is 0.727. The van der Waals surface area contributed by atoms with Crippen molar-refractivity contribution >= 4 is 0 Å². The predicted octanol–water partition coefficient (Wildman–Crippen LogP) is 3.46. The molecule has 1 rings (SSSR count). The Kier molecular flexibility index (Phi) is 4.67. The Balaban J connectivity index is 2.30. The molecule has 0 amide bonds. The van der Waals surface area contributed by atoms with Crippen LogP contribution < -0.4 is 0 Å². The number of hydrogen-bond donors (Lipinski definition) is 0. The lowest BCUT2D eigenvalue weighted by Gasteiger charge is -2.25. The largest absolute Gasteiger partial charge is 0.307 e. The van der Waals surface area contributed by atoms with E-state index in [0.717, 1.165) is 12.0 Å². The van der Waals surface area contributed by atoms with E-state index in [9.17, 15) is 0 Å². The summed E-state index contributed by atoms with van der Waals surface area (Å²) in [7, 11) is 4.35. The van der Waals surface area contributed by atoms with E-state index in [2.05, 4.69) is 38.9 Å². The van der Waals surface area contributed by atoms with Gasteiger partial charge in [0.05, 0.1) is 0 Å². The standard InChI is InChI=1S/C13H25N/c1-11-7-5-6-8-13(11)10-9-12(2)14(3)4/h7,12-13H,5-6,8-10H2,1-4H3/t12-,13+/m0/s1. The van der Waals surface area contributed by atoms with Crippen LogP contribution in [-0.2, 0) is 0 Å². The summed E-state index contributed by atoms with van der Waals surface area (Å²) in [6.07, 6.45) is 9.28. The zero-order chi connectivity index (χ0) is 10.6. The summed E-state index contributed by atoms with van der Waals surface area (Å²) in [6, 6.07) is 0.727. The molecule has 1 nitrogen and oxygen atoms in total. The molecule has 0 unspecified atom stereocenters. The summed E-state index contributed by atoms with van der Waals surface area (Å²) in [5, 5.41) is 0. The number of hydrogen-bond acceptors (Lipinski definition) is 1. The quantitative estimate of drug-likeness (QED) is 0.621. The third-order valence-electron chi connectivity index (χ3n) is 3.68. The molecular formula is C13H25N. The first-order chi connectivity index (χ1) is 6.61. The fourth-order valence-corrected chi connectivity index (χ4v) is 2.16. The maximum Gasteiger partial charge on any atom is 0.00610 e. The van der Waals surface area contributed by atoms with Gasteiger partial charge in [0, 0.05) is 6.04 Å². The van der Waals surface area contributed by atoms with E-state index < -0.39 is 0 Å². The van der Waals surface area contributed by atoms with Crippen LogP contribution in [0.25, 0.3) is 0 Å². The van der Waals surface area contributed by atoms with E-state index in [1.165, 1.54) is 32.1 Å². The highest BCUT2D eigenvalue weighted by atomic mass is 15.1. The van der Waals surface area contributed by atoms with Crippen molar-refractivity contribution in [3.8, 4) is 0 Å². The Labute approximate surface area is 89.2 Å². The first-order valence-electron chi connectivity index (χ1n) is 5.94. The fraction of sp³-hybridized carbons (Fsp3) is 0.846. The zero-order valence-corrected chi connectivity index (χ0v) is 10.2. The summed E-state index contributed by atoms with van der Waals surface area (Å²) < 4.78 is 0. The first kappa shape index (κ1) is 11.8. The van der Waals surface area contributed by atoms with Crippen molar-refractivity contribution in [3.63, 3.8) is 0 Å². The number of nitrogens with zero attached hydrogens (tertiary/aromatic N) is 1. The van der Waals surface area contributed by atoms with Crippen molar-refractivity contribution in [1.29, 1.82) is 0 Å². The predicted molar refractivity (Wildman–Crippen MR) is 63.5 cm³/mol. The number of rotatable bonds is 4. The van der Waals surface area contributed by atoms with Crippen molar-refractivity contribution in [3.05, 3.63) is 11.6 Å². The summed E-state index contributed by atoms with van der Waals surface area (Å²) in [4.78, 5) is 2.32. The molecule has 0 aromatic rings. The molecule has 0 bridgehead atoms. The summed E-state index contributed by atoms with van der Waals surface area (Å²) in [6.45, 7) is 4.63. The topological polar surface area (TPSA) is 3.24 Å². The Morgan fingerprint density at radius 1 is 1.50 bits per heavy atom. The second-order valence-electron chi connectivity index (χ2n) is 4.97. The Bertz CT molecular complexity index is 193. The Hall–Kier alpha value is -0.300. The van der Waals surface area contributed by atoms with E-state index in [0.29, 0.717) is 0 Å². The molecule has 1 aliphatic rings. The molecule has 14 heavy (non-hydrogen) atoms. The summed E-state index contributed by atoms with van der Waals surface area (Å²) in [5.74, 6) is 0.881. The maximum absolute atomic E-state index is 2.44. The lowest BCUT2D eigenvalue weighted by Crippen LogP contribution is -2.25. The van der Waals surface area contributed by atoms with Gasteiger partial charge in [-0.05, 0) is 66.0 Å². The van der Waals surface area contributed by atoms with E-state index >= 15 is 0 Å². The summed E-state index contributed by atoms with van der Waals surface area (Å²) >= 11 is 0. The lowest BCUT2D eigenvalue weighted by atomic mass is 9.84. The van der Waals surface area contributed by atoms with Crippen LogP contribution >= 0.6 is 0 Å². The smallest absolute Gasteiger partial charge is 0.00610 e. The van der Waals surface area contributed by atoms with Gasteiger partial charge in [0.25, 0.3) is 0 Å². The van der Waals surface area contributed by atoms with Crippen LogP contribution in [0.3, 0.4) is 0 Å². The Morgan fingerprint density at radius 3 is 2.79 bits per heavy atom. The molecule has 0 saturated heterocycles. The van der Waals surface area contributed by atoms with Crippen LogP contribution in [0.2, 0.25) is 0 Å². The average molecular weight is 195 g/mol. The Morgan fingerprint density at radius 2 is 2.21 bits per heavy atom. The average Bonchev–Trinajstić information content (AvgIpc) is 2.16. The van der Waals surface area contributed by atoms with Crippen molar-refractivity contribution in [2.24, 2.45) is 5.92 Å². The molecule has 0 aliphatic heterocycles. The third-order valence-corrected chi connectivity index (χ3v) is 3.68. The number of allylic oxidation sites excluding steroid dienone is 2. The van der Waals surface area contributed by atoms with Crippen molar-refractivity contribution in [2.75, 3.05) is 14.1 Å². The van der Waals surface area contributed by atoms with Gasteiger partial charge >= 0.3 is 0 Å². The molecule has 2 atom stereocenters.